The van der Waals surface area contributed by atoms with Crippen molar-refractivity contribution in [3.05, 3.63) is 18.2 Å². The zero-order chi connectivity index (χ0) is 14.0. The Hall–Kier alpha value is -1.27. The van der Waals surface area contributed by atoms with Gasteiger partial charge in [0.25, 0.3) is 0 Å². The second-order valence-corrected chi connectivity index (χ2v) is 7.06. The first kappa shape index (κ1) is 13.7. The number of sulfonamides is 1. The maximum atomic E-state index is 12.7. The lowest BCUT2D eigenvalue weighted by Gasteiger charge is -2.22. The van der Waals surface area contributed by atoms with Crippen LogP contribution in [0.15, 0.2) is 23.1 Å². The highest BCUT2D eigenvalue weighted by atomic mass is 32.2. The van der Waals surface area contributed by atoms with Crippen LogP contribution in [0.25, 0.3) is 0 Å². The van der Waals surface area contributed by atoms with Crippen LogP contribution >= 0.6 is 0 Å². The molecule has 0 saturated carbocycles. The molecule has 110 valence electrons. The van der Waals surface area contributed by atoms with Crippen molar-refractivity contribution in [2.45, 2.75) is 30.6 Å². The molecule has 1 aromatic carbocycles. The SMILES string of the molecule is O=S(=O)(c1ccc2c(c1)OCCO2)N1CCCCCC1. The van der Waals surface area contributed by atoms with Crippen LogP contribution in [0.5, 0.6) is 11.5 Å². The number of ether oxygens (including phenoxy) is 2. The summed E-state index contributed by atoms with van der Waals surface area (Å²) in [5, 5.41) is 0. The Kier molecular flexibility index (Phi) is 3.85. The number of hydrogen-bond donors (Lipinski definition) is 0. The van der Waals surface area contributed by atoms with E-state index in [1.807, 2.05) is 0 Å². The van der Waals surface area contributed by atoms with Crippen molar-refractivity contribution in [3.63, 3.8) is 0 Å². The quantitative estimate of drug-likeness (QED) is 0.838. The van der Waals surface area contributed by atoms with E-state index >= 15 is 0 Å². The van der Waals surface area contributed by atoms with Gasteiger partial charge in [-0.3, -0.25) is 0 Å². The maximum absolute atomic E-state index is 12.7. The Morgan fingerprint density at radius 3 is 2.25 bits per heavy atom. The smallest absolute Gasteiger partial charge is 0.243 e. The third-order valence-corrected chi connectivity index (χ3v) is 5.61. The van der Waals surface area contributed by atoms with E-state index in [4.69, 9.17) is 9.47 Å². The summed E-state index contributed by atoms with van der Waals surface area (Å²) >= 11 is 0. The van der Waals surface area contributed by atoms with Crippen LogP contribution in [0.1, 0.15) is 25.7 Å². The van der Waals surface area contributed by atoms with Gasteiger partial charge in [-0.25, -0.2) is 8.42 Å². The fourth-order valence-electron chi connectivity index (χ4n) is 2.62. The van der Waals surface area contributed by atoms with E-state index in [-0.39, 0.29) is 0 Å². The molecule has 5 nitrogen and oxygen atoms in total. The van der Waals surface area contributed by atoms with E-state index in [0.717, 1.165) is 25.7 Å². The lowest BCUT2D eigenvalue weighted by molar-refractivity contribution is 0.171. The summed E-state index contributed by atoms with van der Waals surface area (Å²) in [6.45, 7) is 2.18. The molecule has 0 bridgehead atoms. The largest absolute Gasteiger partial charge is 0.486 e. The Morgan fingerprint density at radius 2 is 1.55 bits per heavy atom. The summed E-state index contributed by atoms with van der Waals surface area (Å²) in [4.78, 5) is 0.295. The number of rotatable bonds is 2. The van der Waals surface area contributed by atoms with Crippen LogP contribution in [-0.2, 0) is 10.0 Å². The summed E-state index contributed by atoms with van der Waals surface area (Å²) in [5.41, 5.74) is 0. The van der Waals surface area contributed by atoms with Crippen molar-refractivity contribution in [2.24, 2.45) is 0 Å². The van der Waals surface area contributed by atoms with Gasteiger partial charge in [-0.2, -0.15) is 4.31 Å². The van der Waals surface area contributed by atoms with Crippen LogP contribution < -0.4 is 9.47 Å². The highest BCUT2D eigenvalue weighted by molar-refractivity contribution is 7.89. The number of nitrogens with zero attached hydrogens (tertiary/aromatic N) is 1. The molecule has 0 aliphatic carbocycles. The zero-order valence-electron chi connectivity index (χ0n) is 11.4. The van der Waals surface area contributed by atoms with E-state index < -0.39 is 10.0 Å². The molecule has 1 fully saturated rings. The van der Waals surface area contributed by atoms with Crippen molar-refractivity contribution in [1.29, 1.82) is 0 Å². The van der Waals surface area contributed by atoms with Crippen molar-refractivity contribution in [2.75, 3.05) is 26.3 Å². The fraction of sp³-hybridized carbons (Fsp3) is 0.571. The molecule has 2 aliphatic heterocycles. The second-order valence-electron chi connectivity index (χ2n) is 5.12. The molecule has 0 spiro atoms. The van der Waals surface area contributed by atoms with Crippen LogP contribution in [0.4, 0.5) is 0 Å². The molecule has 0 amide bonds. The molecular formula is C14H19NO4S. The molecule has 2 aliphatic rings. The molecule has 0 atom stereocenters. The molecular weight excluding hydrogens is 278 g/mol. The normalized spacial score (nSPS) is 20.4. The standard InChI is InChI=1S/C14H19NO4S/c16-20(17,15-7-3-1-2-4-8-15)12-5-6-13-14(11-12)19-10-9-18-13/h5-6,11H,1-4,7-10H2. The van der Waals surface area contributed by atoms with Crippen LogP contribution in [0, 0.1) is 0 Å². The van der Waals surface area contributed by atoms with Gasteiger partial charge in [-0.1, -0.05) is 12.8 Å². The van der Waals surface area contributed by atoms with Crippen molar-refractivity contribution in [1.82, 2.24) is 4.31 Å². The molecule has 0 aromatic heterocycles. The Bertz CT molecular complexity index is 577. The molecule has 1 saturated heterocycles. The highest BCUT2D eigenvalue weighted by Crippen LogP contribution is 2.33. The average molecular weight is 297 g/mol. The van der Waals surface area contributed by atoms with Crippen LogP contribution in [0.3, 0.4) is 0 Å². The third-order valence-electron chi connectivity index (χ3n) is 3.72. The molecule has 3 rings (SSSR count). The predicted octanol–water partition coefficient (Wildman–Crippen LogP) is 2.02. The molecule has 2 heterocycles. The van der Waals surface area contributed by atoms with Gasteiger partial charge in [0.1, 0.15) is 13.2 Å². The fourth-order valence-corrected chi connectivity index (χ4v) is 4.15. The van der Waals surface area contributed by atoms with Crippen LogP contribution in [0.2, 0.25) is 0 Å². The van der Waals surface area contributed by atoms with Gasteiger partial charge in [-0.05, 0) is 25.0 Å². The van der Waals surface area contributed by atoms with Crippen molar-refractivity contribution >= 4 is 10.0 Å². The molecule has 1 aromatic rings. The first-order chi connectivity index (χ1) is 9.68. The molecule has 6 heteroatoms. The van der Waals surface area contributed by atoms with Gasteiger partial charge in [-0.15, -0.1) is 0 Å². The topological polar surface area (TPSA) is 55.8 Å². The van der Waals surface area contributed by atoms with E-state index in [0.29, 0.717) is 42.7 Å². The predicted molar refractivity (Wildman–Crippen MR) is 74.7 cm³/mol. The second kappa shape index (κ2) is 5.61. The lowest BCUT2D eigenvalue weighted by Crippen LogP contribution is -2.32. The van der Waals surface area contributed by atoms with E-state index in [2.05, 4.69) is 0 Å². The monoisotopic (exact) mass is 297 g/mol. The van der Waals surface area contributed by atoms with Gasteiger partial charge in [0.15, 0.2) is 11.5 Å². The number of hydrogen-bond acceptors (Lipinski definition) is 4. The first-order valence-corrected chi connectivity index (χ1v) is 8.52. The first-order valence-electron chi connectivity index (χ1n) is 7.08. The van der Waals surface area contributed by atoms with E-state index in [1.54, 1.807) is 22.5 Å². The Balaban J connectivity index is 1.90. The minimum atomic E-state index is -3.42. The summed E-state index contributed by atoms with van der Waals surface area (Å²) < 4.78 is 37.8. The number of fused-ring (bicyclic) bond motifs is 1. The highest BCUT2D eigenvalue weighted by Gasteiger charge is 2.26. The minimum absolute atomic E-state index is 0.295. The minimum Gasteiger partial charge on any atom is -0.486 e. The van der Waals surface area contributed by atoms with Crippen LogP contribution in [-0.4, -0.2) is 39.0 Å². The number of benzene rings is 1. The van der Waals surface area contributed by atoms with Gasteiger partial charge in [0.2, 0.25) is 10.0 Å². The van der Waals surface area contributed by atoms with Gasteiger partial charge in [0.05, 0.1) is 4.90 Å². The van der Waals surface area contributed by atoms with E-state index in [1.165, 1.54) is 0 Å². The van der Waals surface area contributed by atoms with Gasteiger partial charge in [0, 0.05) is 19.2 Å². The van der Waals surface area contributed by atoms with E-state index in [9.17, 15) is 8.42 Å². The Labute approximate surface area is 119 Å². The van der Waals surface area contributed by atoms with Gasteiger partial charge < -0.3 is 9.47 Å². The van der Waals surface area contributed by atoms with Crippen molar-refractivity contribution < 1.29 is 17.9 Å². The Morgan fingerprint density at radius 1 is 0.900 bits per heavy atom. The average Bonchev–Trinajstić information content (AvgIpc) is 2.76. The molecule has 0 unspecified atom stereocenters. The lowest BCUT2D eigenvalue weighted by atomic mass is 10.2. The van der Waals surface area contributed by atoms with Crippen molar-refractivity contribution in [3.8, 4) is 11.5 Å². The summed E-state index contributed by atoms with van der Waals surface area (Å²) in [7, 11) is -3.42. The summed E-state index contributed by atoms with van der Waals surface area (Å²) in [5.74, 6) is 1.14. The van der Waals surface area contributed by atoms with Gasteiger partial charge >= 0.3 is 0 Å². The third kappa shape index (κ3) is 2.62. The summed E-state index contributed by atoms with van der Waals surface area (Å²) in [6, 6.07) is 4.86. The molecule has 20 heavy (non-hydrogen) atoms. The zero-order valence-corrected chi connectivity index (χ0v) is 12.2. The summed E-state index contributed by atoms with van der Waals surface area (Å²) in [6.07, 6.45) is 4.08. The maximum Gasteiger partial charge on any atom is 0.243 e. The molecule has 0 N–H and O–H groups in total. The molecule has 0 radical (unpaired) electrons.